The van der Waals surface area contributed by atoms with Gasteiger partial charge in [0.15, 0.2) is 0 Å². The van der Waals surface area contributed by atoms with Crippen molar-refractivity contribution in [2.24, 2.45) is 5.92 Å². The van der Waals surface area contributed by atoms with Crippen LogP contribution in [0.15, 0.2) is 18.2 Å². The minimum absolute atomic E-state index is 0.0731. The molecule has 1 aromatic rings. The van der Waals surface area contributed by atoms with Gasteiger partial charge in [0.05, 0.1) is 17.9 Å². The van der Waals surface area contributed by atoms with E-state index in [-0.39, 0.29) is 24.2 Å². The van der Waals surface area contributed by atoms with Crippen molar-refractivity contribution in [2.75, 3.05) is 30.8 Å². The first-order chi connectivity index (χ1) is 12.3. The number of aryl methyl sites for hydroxylation is 1. The lowest BCUT2D eigenvalue weighted by Crippen LogP contribution is -2.42. The van der Waals surface area contributed by atoms with Crippen LogP contribution in [0, 0.1) is 12.8 Å². The largest absolute Gasteiger partial charge is 0.462 e. The van der Waals surface area contributed by atoms with Crippen molar-refractivity contribution in [3.63, 3.8) is 0 Å². The molecule has 0 radical (unpaired) electrons. The van der Waals surface area contributed by atoms with Gasteiger partial charge in [0.25, 0.3) is 0 Å². The first-order valence-corrected chi connectivity index (χ1v) is 10.5. The number of hydrogen-bond acceptors (Lipinski definition) is 5. The maximum absolute atomic E-state index is 12.6. The number of nitrogens with zero attached hydrogens (tertiary/aromatic N) is 1. The number of anilines is 1. The zero-order chi connectivity index (χ0) is 19.3. The lowest BCUT2D eigenvalue weighted by molar-refractivity contribution is -0.120. The van der Waals surface area contributed by atoms with E-state index in [0.717, 1.165) is 5.56 Å². The summed E-state index contributed by atoms with van der Waals surface area (Å²) in [5, 5.41) is 2.87. The molecular weight excluding hydrogens is 356 g/mol. The van der Waals surface area contributed by atoms with Crippen molar-refractivity contribution >= 4 is 27.6 Å². The van der Waals surface area contributed by atoms with E-state index in [9.17, 15) is 18.0 Å². The highest BCUT2D eigenvalue weighted by atomic mass is 32.2. The number of nitrogens with one attached hydrogen (secondary N) is 1. The molecule has 1 heterocycles. The Morgan fingerprint density at radius 3 is 2.46 bits per heavy atom. The molecule has 0 aliphatic carbocycles. The summed E-state index contributed by atoms with van der Waals surface area (Å²) in [6, 6.07) is 5.04. The van der Waals surface area contributed by atoms with Gasteiger partial charge >= 0.3 is 5.97 Å². The molecule has 7 nitrogen and oxygen atoms in total. The standard InChI is InChI=1S/C18H26N2O5S/c1-4-25-18(22)15-7-6-13(3)16(12-15)19-17(21)14-8-10-20(11-9-14)26(23,24)5-2/h6-7,12,14H,4-5,8-11H2,1-3H3,(H,19,21). The average Bonchev–Trinajstić information content (AvgIpc) is 2.63. The number of rotatable bonds is 6. The van der Waals surface area contributed by atoms with Crippen LogP contribution in [0.2, 0.25) is 0 Å². The van der Waals surface area contributed by atoms with Gasteiger partial charge in [0, 0.05) is 24.7 Å². The van der Waals surface area contributed by atoms with Crippen LogP contribution in [0.5, 0.6) is 0 Å². The fraction of sp³-hybridized carbons (Fsp3) is 0.556. The molecule has 1 fully saturated rings. The molecule has 1 amide bonds. The molecule has 0 saturated carbocycles. The molecule has 1 aliphatic rings. The zero-order valence-electron chi connectivity index (χ0n) is 15.4. The van der Waals surface area contributed by atoms with Crippen molar-refractivity contribution in [2.45, 2.75) is 33.6 Å². The SMILES string of the molecule is CCOC(=O)c1ccc(C)c(NC(=O)C2CCN(S(=O)(=O)CC)CC2)c1. The van der Waals surface area contributed by atoms with Gasteiger partial charge in [-0.05, 0) is 51.3 Å². The van der Waals surface area contributed by atoms with Crippen molar-refractivity contribution in [1.82, 2.24) is 4.31 Å². The molecule has 1 saturated heterocycles. The number of esters is 1. The Bertz CT molecular complexity index is 768. The number of hydrogen-bond donors (Lipinski definition) is 1. The first kappa shape index (κ1) is 20.4. The van der Waals surface area contributed by atoms with Gasteiger partial charge in [0.2, 0.25) is 15.9 Å². The minimum Gasteiger partial charge on any atom is -0.462 e. The number of sulfonamides is 1. The number of piperidine rings is 1. The van der Waals surface area contributed by atoms with E-state index in [2.05, 4.69) is 5.32 Å². The lowest BCUT2D eigenvalue weighted by Gasteiger charge is -2.30. The summed E-state index contributed by atoms with van der Waals surface area (Å²) in [6.07, 6.45) is 0.976. The van der Waals surface area contributed by atoms with Crippen LogP contribution in [-0.2, 0) is 19.6 Å². The van der Waals surface area contributed by atoms with E-state index in [1.54, 1.807) is 32.0 Å². The quantitative estimate of drug-likeness (QED) is 0.761. The van der Waals surface area contributed by atoms with E-state index in [1.807, 2.05) is 6.92 Å². The first-order valence-electron chi connectivity index (χ1n) is 8.85. The van der Waals surface area contributed by atoms with Gasteiger partial charge < -0.3 is 10.1 Å². The van der Waals surface area contributed by atoms with Crippen LogP contribution >= 0.6 is 0 Å². The van der Waals surface area contributed by atoms with Gasteiger partial charge in [-0.15, -0.1) is 0 Å². The van der Waals surface area contributed by atoms with Crippen molar-refractivity contribution in [3.05, 3.63) is 29.3 Å². The van der Waals surface area contributed by atoms with Crippen LogP contribution in [0.3, 0.4) is 0 Å². The summed E-state index contributed by atoms with van der Waals surface area (Å²) in [7, 11) is -3.21. The summed E-state index contributed by atoms with van der Waals surface area (Å²) in [5.41, 5.74) is 1.80. The van der Waals surface area contributed by atoms with Crippen LogP contribution in [0.25, 0.3) is 0 Å². The fourth-order valence-corrected chi connectivity index (χ4v) is 4.04. The number of carbonyl (C=O) groups excluding carboxylic acids is 2. The van der Waals surface area contributed by atoms with Crippen LogP contribution < -0.4 is 5.32 Å². The third kappa shape index (κ3) is 4.82. The van der Waals surface area contributed by atoms with Crippen LogP contribution in [0.4, 0.5) is 5.69 Å². The second-order valence-electron chi connectivity index (χ2n) is 6.31. The number of carbonyl (C=O) groups is 2. The Morgan fingerprint density at radius 2 is 1.88 bits per heavy atom. The summed E-state index contributed by atoms with van der Waals surface area (Å²) in [5.74, 6) is -0.753. The molecule has 0 unspecified atom stereocenters. The van der Waals surface area contributed by atoms with E-state index < -0.39 is 16.0 Å². The van der Waals surface area contributed by atoms with Crippen LogP contribution in [-0.4, -0.2) is 50.0 Å². The predicted molar refractivity (Wildman–Crippen MR) is 99.5 cm³/mol. The average molecular weight is 382 g/mol. The Labute approximate surface area is 154 Å². The normalized spacial score (nSPS) is 16.3. The second-order valence-corrected chi connectivity index (χ2v) is 8.57. The van der Waals surface area contributed by atoms with E-state index >= 15 is 0 Å². The lowest BCUT2D eigenvalue weighted by atomic mass is 9.97. The number of ether oxygens (including phenoxy) is 1. The summed E-state index contributed by atoms with van der Waals surface area (Å²) < 4.78 is 30.2. The van der Waals surface area contributed by atoms with Crippen molar-refractivity contribution in [1.29, 1.82) is 0 Å². The Morgan fingerprint density at radius 1 is 1.23 bits per heavy atom. The minimum atomic E-state index is -3.21. The molecule has 1 aliphatic heterocycles. The molecule has 2 rings (SSSR count). The highest BCUT2D eigenvalue weighted by Gasteiger charge is 2.30. The molecule has 26 heavy (non-hydrogen) atoms. The Balaban J connectivity index is 2.02. The molecule has 144 valence electrons. The number of benzene rings is 1. The summed E-state index contributed by atoms with van der Waals surface area (Å²) in [4.78, 5) is 24.4. The maximum atomic E-state index is 12.6. The smallest absolute Gasteiger partial charge is 0.338 e. The monoisotopic (exact) mass is 382 g/mol. The third-order valence-corrected chi connectivity index (χ3v) is 6.47. The summed E-state index contributed by atoms with van der Waals surface area (Å²) in [6.45, 7) is 6.20. The molecule has 1 N–H and O–H groups in total. The summed E-state index contributed by atoms with van der Waals surface area (Å²) >= 11 is 0. The van der Waals surface area contributed by atoms with E-state index in [4.69, 9.17) is 4.74 Å². The van der Waals surface area contributed by atoms with Gasteiger partial charge in [-0.1, -0.05) is 6.07 Å². The van der Waals surface area contributed by atoms with Gasteiger partial charge in [-0.2, -0.15) is 0 Å². The Kier molecular flexibility index (Phi) is 6.77. The highest BCUT2D eigenvalue weighted by molar-refractivity contribution is 7.89. The Hall–Kier alpha value is -1.93. The van der Waals surface area contributed by atoms with Gasteiger partial charge in [0.1, 0.15) is 0 Å². The molecular formula is C18H26N2O5S. The van der Waals surface area contributed by atoms with Crippen LogP contribution in [0.1, 0.15) is 42.6 Å². The highest BCUT2D eigenvalue weighted by Crippen LogP contribution is 2.23. The van der Waals surface area contributed by atoms with Gasteiger partial charge in [-0.3, -0.25) is 4.79 Å². The van der Waals surface area contributed by atoms with Crippen molar-refractivity contribution < 1.29 is 22.7 Å². The van der Waals surface area contributed by atoms with Gasteiger partial charge in [-0.25, -0.2) is 17.5 Å². The molecule has 0 bridgehead atoms. The topological polar surface area (TPSA) is 92.8 Å². The third-order valence-electron chi connectivity index (χ3n) is 4.59. The molecule has 0 spiro atoms. The number of amides is 1. The van der Waals surface area contributed by atoms with E-state index in [0.29, 0.717) is 37.2 Å². The predicted octanol–water partition coefficient (Wildman–Crippen LogP) is 2.17. The second kappa shape index (κ2) is 8.64. The zero-order valence-corrected chi connectivity index (χ0v) is 16.3. The maximum Gasteiger partial charge on any atom is 0.338 e. The molecule has 8 heteroatoms. The fourth-order valence-electron chi connectivity index (χ4n) is 2.91. The molecule has 1 aromatic carbocycles. The molecule has 0 atom stereocenters. The van der Waals surface area contributed by atoms with E-state index in [1.165, 1.54) is 4.31 Å². The molecule has 0 aromatic heterocycles. The van der Waals surface area contributed by atoms with Crippen molar-refractivity contribution in [3.8, 4) is 0 Å².